The second kappa shape index (κ2) is 8.78. The molecule has 0 radical (unpaired) electrons. The zero-order valence-corrected chi connectivity index (χ0v) is 11.2. The van der Waals surface area contributed by atoms with Crippen LogP contribution in [0.15, 0.2) is 0 Å². The number of rotatable bonds is 9. The Morgan fingerprint density at radius 1 is 1.06 bits per heavy atom. The van der Waals surface area contributed by atoms with Crippen LogP contribution in [-0.2, 0) is 0 Å². The summed E-state index contributed by atoms with van der Waals surface area (Å²) in [6, 6.07) is 0.0234. The van der Waals surface area contributed by atoms with Crippen LogP contribution in [0.5, 0.6) is 0 Å². The lowest BCUT2D eigenvalue weighted by molar-refractivity contribution is -0.136. The predicted molar refractivity (Wildman–Crippen MR) is 66.1 cm³/mol. The average Bonchev–Trinajstić information content (AvgIpc) is 2.19. The zero-order valence-electron chi connectivity index (χ0n) is 11.2. The lowest BCUT2D eigenvalue weighted by Crippen LogP contribution is -2.31. The van der Waals surface area contributed by atoms with E-state index in [2.05, 4.69) is 19.2 Å². The molecule has 0 saturated heterocycles. The maximum absolute atomic E-state index is 12.2. The topological polar surface area (TPSA) is 12.0 Å². The first kappa shape index (κ1) is 16.8. The molecule has 0 heterocycles. The Bertz CT molecular complexity index is 178. The summed E-state index contributed by atoms with van der Waals surface area (Å²) in [4.78, 5) is 0. The summed E-state index contributed by atoms with van der Waals surface area (Å²) in [6.45, 7) is 7.13. The molecule has 104 valence electrons. The fourth-order valence-electron chi connectivity index (χ4n) is 1.81. The minimum atomic E-state index is -4.02. The van der Waals surface area contributed by atoms with Crippen LogP contribution in [0, 0.1) is 5.92 Å². The second-order valence-corrected chi connectivity index (χ2v) is 5.13. The van der Waals surface area contributed by atoms with E-state index >= 15 is 0 Å². The standard InChI is InChI=1S/C13H26F3N/c1-4-10-17-12(7-5-6-11(2)3)8-9-13(14,15)16/h11-12,17H,4-10H2,1-3H3. The first-order valence-electron chi connectivity index (χ1n) is 6.65. The van der Waals surface area contributed by atoms with Crippen LogP contribution in [-0.4, -0.2) is 18.8 Å². The first-order chi connectivity index (χ1) is 7.85. The molecule has 0 aliphatic heterocycles. The highest BCUT2D eigenvalue weighted by Gasteiger charge is 2.27. The Morgan fingerprint density at radius 3 is 2.18 bits per heavy atom. The van der Waals surface area contributed by atoms with Crippen molar-refractivity contribution in [2.24, 2.45) is 5.92 Å². The third-order valence-corrected chi connectivity index (χ3v) is 2.79. The van der Waals surface area contributed by atoms with Crippen molar-refractivity contribution in [3.05, 3.63) is 0 Å². The van der Waals surface area contributed by atoms with Gasteiger partial charge in [-0.2, -0.15) is 13.2 Å². The Labute approximate surface area is 103 Å². The monoisotopic (exact) mass is 253 g/mol. The number of nitrogens with one attached hydrogen (secondary N) is 1. The molecule has 0 spiro atoms. The van der Waals surface area contributed by atoms with Gasteiger partial charge in [0, 0.05) is 12.5 Å². The minimum absolute atomic E-state index is 0.0234. The fraction of sp³-hybridized carbons (Fsp3) is 1.00. The third-order valence-electron chi connectivity index (χ3n) is 2.79. The van der Waals surface area contributed by atoms with Gasteiger partial charge in [0.15, 0.2) is 0 Å². The molecule has 0 saturated carbocycles. The highest BCUT2D eigenvalue weighted by Crippen LogP contribution is 2.23. The van der Waals surface area contributed by atoms with E-state index in [0.29, 0.717) is 5.92 Å². The van der Waals surface area contributed by atoms with Crippen molar-refractivity contribution in [2.75, 3.05) is 6.54 Å². The van der Waals surface area contributed by atoms with E-state index in [9.17, 15) is 13.2 Å². The van der Waals surface area contributed by atoms with Crippen LogP contribution < -0.4 is 5.32 Å². The van der Waals surface area contributed by atoms with E-state index in [1.807, 2.05) is 6.92 Å². The molecule has 0 fully saturated rings. The van der Waals surface area contributed by atoms with Crippen LogP contribution in [0.25, 0.3) is 0 Å². The highest BCUT2D eigenvalue weighted by molar-refractivity contribution is 4.69. The normalized spacial score (nSPS) is 14.3. The van der Waals surface area contributed by atoms with Gasteiger partial charge in [0.05, 0.1) is 0 Å². The van der Waals surface area contributed by atoms with Crippen molar-refractivity contribution in [2.45, 2.75) is 71.5 Å². The van der Waals surface area contributed by atoms with Gasteiger partial charge in [0.1, 0.15) is 0 Å². The molecule has 0 aliphatic carbocycles. The Kier molecular flexibility index (Phi) is 8.66. The molecule has 0 amide bonds. The second-order valence-electron chi connectivity index (χ2n) is 5.13. The molecule has 1 atom stereocenters. The third kappa shape index (κ3) is 12.0. The summed E-state index contributed by atoms with van der Waals surface area (Å²) in [5.74, 6) is 0.629. The molecule has 1 unspecified atom stereocenters. The highest BCUT2D eigenvalue weighted by atomic mass is 19.4. The Morgan fingerprint density at radius 2 is 1.71 bits per heavy atom. The summed E-state index contributed by atoms with van der Waals surface area (Å²) in [6.07, 6.45) is -0.559. The number of hydrogen-bond acceptors (Lipinski definition) is 1. The van der Waals surface area contributed by atoms with Gasteiger partial charge in [-0.3, -0.25) is 0 Å². The summed E-state index contributed by atoms with van der Waals surface area (Å²) in [7, 11) is 0. The number of halogens is 3. The van der Waals surface area contributed by atoms with E-state index in [1.54, 1.807) is 0 Å². The lowest BCUT2D eigenvalue weighted by atomic mass is 10.00. The first-order valence-corrected chi connectivity index (χ1v) is 6.65. The number of hydrogen-bond donors (Lipinski definition) is 1. The van der Waals surface area contributed by atoms with Crippen LogP contribution in [0.2, 0.25) is 0 Å². The molecule has 0 bridgehead atoms. The molecular formula is C13H26F3N. The van der Waals surface area contributed by atoms with Crippen molar-refractivity contribution in [1.82, 2.24) is 5.32 Å². The molecule has 1 nitrogen and oxygen atoms in total. The van der Waals surface area contributed by atoms with Gasteiger partial charge >= 0.3 is 6.18 Å². The van der Waals surface area contributed by atoms with Gasteiger partial charge in [-0.25, -0.2) is 0 Å². The van der Waals surface area contributed by atoms with Gasteiger partial charge in [0.25, 0.3) is 0 Å². The Hall–Kier alpha value is -0.250. The molecule has 17 heavy (non-hydrogen) atoms. The molecule has 0 aromatic carbocycles. The van der Waals surface area contributed by atoms with Crippen LogP contribution in [0.3, 0.4) is 0 Å². The van der Waals surface area contributed by atoms with Crippen LogP contribution >= 0.6 is 0 Å². The van der Waals surface area contributed by atoms with Crippen molar-refractivity contribution < 1.29 is 13.2 Å². The molecule has 4 heteroatoms. The lowest BCUT2D eigenvalue weighted by Gasteiger charge is -2.19. The van der Waals surface area contributed by atoms with Gasteiger partial charge in [0.2, 0.25) is 0 Å². The van der Waals surface area contributed by atoms with E-state index in [0.717, 1.165) is 32.2 Å². The molecule has 1 N–H and O–H groups in total. The summed E-state index contributed by atoms with van der Waals surface area (Å²) >= 11 is 0. The zero-order chi connectivity index (χ0) is 13.3. The van der Waals surface area contributed by atoms with Crippen molar-refractivity contribution in [3.63, 3.8) is 0 Å². The predicted octanol–water partition coefficient (Wildman–Crippen LogP) is 4.52. The van der Waals surface area contributed by atoms with Gasteiger partial charge in [-0.1, -0.05) is 33.6 Å². The van der Waals surface area contributed by atoms with Gasteiger partial charge < -0.3 is 5.32 Å². The largest absolute Gasteiger partial charge is 0.389 e. The molecule has 0 aliphatic rings. The molecular weight excluding hydrogens is 227 g/mol. The van der Waals surface area contributed by atoms with Crippen LogP contribution in [0.1, 0.15) is 59.3 Å². The summed E-state index contributed by atoms with van der Waals surface area (Å²) in [5.41, 5.74) is 0. The smallest absolute Gasteiger partial charge is 0.314 e. The van der Waals surface area contributed by atoms with Gasteiger partial charge in [-0.15, -0.1) is 0 Å². The fourth-order valence-corrected chi connectivity index (χ4v) is 1.81. The quantitative estimate of drug-likeness (QED) is 0.637. The maximum Gasteiger partial charge on any atom is 0.389 e. The van der Waals surface area contributed by atoms with E-state index in [1.165, 1.54) is 0 Å². The Balaban J connectivity index is 3.87. The molecule has 0 rings (SSSR count). The van der Waals surface area contributed by atoms with Crippen molar-refractivity contribution in [3.8, 4) is 0 Å². The summed E-state index contributed by atoms with van der Waals surface area (Å²) in [5, 5.41) is 3.22. The van der Waals surface area contributed by atoms with Crippen molar-refractivity contribution in [1.29, 1.82) is 0 Å². The van der Waals surface area contributed by atoms with E-state index < -0.39 is 12.6 Å². The summed E-state index contributed by atoms with van der Waals surface area (Å²) < 4.78 is 36.5. The van der Waals surface area contributed by atoms with Gasteiger partial charge in [-0.05, 0) is 31.7 Å². The average molecular weight is 253 g/mol. The number of alkyl halides is 3. The molecule has 0 aromatic rings. The maximum atomic E-state index is 12.2. The van der Waals surface area contributed by atoms with E-state index in [4.69, 9.17) is 0 Å². The van der Waals surface area contributed by atoms with E-state index in [-0.39, 0.29) is 12.5 Å². The van der Waals surface area contributed by atoms with Crippen molar-refractivity contribution >= 4 is 0 Å². The van der Waals surface area contributed by atoms with Crippen LogP contribution in [0.4, 0.5) is 13.2 Å². The minimum Gasteiger partial charge on any atom is -0.314 e. The SMILES string of the molecule is CCCNC(CCCC(C)C)CCC(F)(F)F. The molecule has 0 aromatic heterocycles.